The number of benzene rings is 1. The number of aromatic nitrogens is 2. The Morgan fingerprint density at radius 3 is 2.32 bits per heavy atom. The van der Waals surface area contributed by atoms with Gasteiger partial charge in [-0.25, -0.2) is 27.5 Å². The third-order valence-corrected chi connectivity index (χ3v) is 3.64. The van der Waals surface area contributed by atoms with Crippen LogP contribution in [0.15, 0.2) is 35.2 Å². The fraction of sp³-hybridized carbons (Fsp3) is 0.167. The summed E-state index contributed by atoms with van der Waals surface area (Å²) in [4.78, 5) is 7.77. The molecule has 19 heavy (non-hydrogen) atoms. The topological polar surface area (TPSA) is 72.0 Å². The van der Waals surface area contributed by atoms with Gasteiger partial charge in [0.15, 0.2) is 0 Å². The number of halogens is 1. The number of hydrogen-bond acceptors (Lipinski definition) is 4. The van der Waals surface area contributed by atoms with Gasteiger partial charge in [0.2, 0.25) is 5.95 Å². The Hall–Kier alpha value is -2.02. The van der Waals surface area contributed by atoms with E-state index in [0.717, 1.165) is 6.07 Å². The van der Waals surface area contributed by atoms with Crippen LogP contribution in [0.3, 0.4) is 0 Å². The summed E-state index contributed by atoms with van der Waals surface area (Å²) in [5, 5.41) is 0. The molecule has 1 aromatic heterocycles. The van der Waals surface area contributed by atoms with Gasteiger partial charge in [0.05, 0.1) is 4.90 Å². The van der Waals surface area contributed by atoms with Gasteiger partial charge >= 0.3 is 0 Å². The molecule has 0 atom stereocenters. The average Bonchev–Trinajstić information content (AvgIpc) is 2.26. The van der Waals surface area contributed by atoms with Crippen LogP contribution in [0, 0.1) is 19.7 Å². The maximum Gasteiger partial charge on any atom is 0.264 e. The quantitative estimate of drug-likeness (QED) is 0.934. The molecular formula is C12H12FN3O2S. The van der Waals surface area contributed by atoms with Crippen molar-refractivity contribution in [2.75, 3.05) is 4.72 Å². The van der Waals surface area contributed by atoms with Crippen LogP contribution < -0.4 is 4.72 Å². The van der Waals surface area contributed by atoms with Gasteiger partial charge in [-0.15, -0.1) is 0 Å². The second kappa shape index (κ2) is 4.93. The zero-order chi connectivity index (χ0) is 14.0. The predicted molar refractivity (Wildman–Crippen MR) is 68.7 cm³/mol. The Kier molecular flexibility index (Phi) is 3.48. The van der Waals surface area contributed by atoms with Crippen molar-refractivity contribution in [3.8, 4) is 0 Å². The second-order valence-electron chi connectivity index (χ2n) is 4.04. The molecule has 1 N–H and O–H groups in total. The fourth-order valence-electron chi connectivity index (χ4n) is 1.58. The average molecular weight is 281 g/mol. The van der Waals surface area contributed by atoms with Crippen LogP contribution >= 0.6 is 0 Å². The van der Waals surface area contributed by atoms with Gasteiger partial charge in [0.1, 0.15) is 5.82 Å². The number of aryl methyl sites for hydroxylation is 2. The molecule has 5 nitrogen and oxygen atoms in total. The second-order valence-corrected chi connectivity index (χ2v) is 5.72. The summed E-state index contributed by atoms with van der Waals surface area (Å²) in [6, 6.07) is 6.46. The monoisotopic (exact) mass is 281 g/mol. The van der Waals surface area contributed by atoms with Crippen molar-refractivity contribution in [1.82, 2.24) is 9.97 Å². The van der Waals surface area contributed by atoms with E-state index in [1.165, 1.54) is 18.2 Å². The number of nitrogens with one attached hydrogen (secondary N) is 1. The minimum Gasteiger partial charge on any atom is -0.247 e. The van der Waals surface area contributed by atoms with Crippen molar-refractivity contribution in [3.05, 3.63) is 47.5 Å². The van der Waals surface area contributed by atoms with Crippen LogP contribution in [0.4, 0.5) is 10.3 Å². The summed E-state index contributed by atoms with van der Waals surface area (Å²) in [5.41, 5.74) is 1.29. The summed E-state index contributed by atoms with van der Waals surface area (Å²) in [7, 11) is -3.88. The molecule has 100 valence electrons. The van der Waals surface area contributed by atoms with Crippen molar-refractivity contribution in [3.63, 3.8) is 0 Å². The van der Waals surface area contributed by atoms with Gasteiger partial charge in [0.25, 0.3) is 10.0 Å². The lowest BCUT2D eigenvalue weighted by Crippen LogP contribution is -2.15. The molecule has 1 heterocycles. The van der Waals surface area contributed by atoms with Crippen molar-refractivity contribution < 1.29 is 12.8 Å². The number of nitrogens with zero attached hydrogens (tertiary/aromatic N) is 2. The minimum atomic E-state index is -3.88. The van der Waals surface area contributed by atoms with Crippen molar-refractivity contribution >= 4 is 16.0 Å². The fourth-order valence-corrected chi connectivity index (χ4v) is 2.56. The van der Waals surface area contributed by atoms with E-state index in [4.69, 9.17) is 0 Å². The summed E-state index contributed by atoms with van der Waals surface area (Å²) >= 11 is 0. The number of rotatable bonds is 3. The van der Waals surface area contributed by atoms with E-state index in [0.29, 0.717) is 11.4 Å². The molecule has 0 radical (unpaired) electrons. The maximum absolute atomic E-state index is 13.0. The lowest BCUT2D eigenvalue weighted by Gasteiger charge is -2.07. The molecule has 0 unspecified atom stereocenters. The molecule has 0 amide bonds. The molecule has 0 bridgehead atoms. The highest BCUT2D eigenvalue weighted by Gasteiger charge is 2.16. The van der Waals surface area contributed by atoms with Crippen LogP contribution in [0.1, 0.15) is 11.4 Å². The molecule has 0 saturated heterocycles. The highest BCUT2D eigenvalue weighted by molar-refractivity contribution is 7.92. The van der Waals surface area contributed by atoms with Crippen molar-refractivity contribution in [1.29, 1.82) is 0 Å². The largest absolute Gasteiger partial charge is 0.264 e. The third kappa shape index (κ3) is 3.25. The number of hydrogen-bond donors (Lipinski definition) is 1. The zero-order valence-corrected chi connectivity index (χ0v) is 11.2. The SMILES string of the molecule is Cc1cc(C)nc(NS(=O)(=O)c2cccc(F)c2)n1. The van der Waals surface area contributed by atoms with Gasteiger partial charge in [-0.3, -0.25) is 0 Å². The molecule has 0 fully saturated rings. The molecule has 0 spiro atoms. The van der Waals surface area contributed by atoms with E-state index in [-0.39, 0.29) is 10.8 Å². The molecule has 2 rings (SSSR count). The Labute approximate surface area is 110 Å². The smallest absolute Gasteiger partial charge is 0.247 e. The maximum atomic E-state index is 13.0. The first-order valence-corrected chi connectivity index (χ1v) is 6.96. The van der Waals surface area contributed by atoms with Gasteiger partial charge in [-0.1, -0.05) is 6.07 Å². The zero-order valence-electron chi connectivity index (χ0n) is 10.4. The highest BCUT2D eigenvalue weighted by atomic mass is 32.2. The van der Waals surface area contributed by atoms with E-state index < -0.39 is 15.8 Å². The Morgan fingerprint density at radius 1 is 1.11 bits per heavy atom. The van der Waals surface area contributed by atoms with Crippen molar-refractivity contribution in [2.45, 2.75) is 18.7 Å². The van der Waals surface area contributed by atoms with Crippen LogP contribution in [-0.2, 0) is 10.0 Å². The summed E-state index contributed by atoms with van der Waals surface area (Å²) < 4.78 is 39.3. The van der Waals surface area contributed by atoms with Crippen LogP contribution in [-0.4, -0.2) is 18.4 Å². The molecule has 0 saturated carbocycles. The predicted octanol–water partition coefficient (Wildman–Crippen LogP) is 2.03. The summed E-state index contributed by atoms with van der Waals surface area (Å²) in [6.45, 7) is 3.46. The van der Waals surface area contributed by atoms with E-state index >= 15 is 0 Å². The minimum absolute atomic E-state index is 0.0261. The normalized spacial score (nSPS) is 11.3. The summed E-state index contributed by atoms with van der Waals surface area (Å²) in [5.74, 6) is -0.647. The Bertz CT molecular complexity index is 696. The van der Waals surface area contributed by atoms with Gasteiger partial charge in [-0.2, -0.15) is 0 Å². The van der Waals surface area contributed by atoms with Crippen LogP contribution in [0.2, 0.25) is 0 Å². The molecule has 1 aromatic carbocycles. The summed E-state index contributed by atoms with van der Waals surface area (Å²) in [6.07, 6.45) is 0. The standard InChI is InChI=1S/C12H12FN3O2S/c1-8-6-9(2)15-12(14-8)16-19(17,18)11-5-3-4-10(13)7-11/h3-7H,1-2H3,(H,14,15,16). The van der Waals surface area contributed by atoms with Crippen molar-refractivity contribution in [2.24, 2.45) is 0 Å². The number of anilines is 1. The first-order valence-electron chi connectivity index (χ1n) is 5.47. The molecule has 7 heteroatoms. The lowest BCUT2D eigenvalue weighted by molar-refractivity contribution is 0.595. The van der Waals surface area contributed by atoms with E-state index in [2.05, 4.69) is 14.7 Å². The Balaban J connectivity index is 2.36. The first-order chi connectivity index (χ1) is 8.87. The number of sulfonamides is 1. The van der Waals surface area contributed by atoms with E-state index in [1.54, 1.807) is 19.9 Å². The van der Waals surface area contributed by atoms with Crippen LogP contribution in [0.25, 0.3) is 0 Å². The lowest BCUT2D eigenvalue weighted by atomic mass is 10.4. The first kappa shape index (κ1) is 13.4. The molecular weight excluding hydrogens is 269 g/mol. The highest BCUT2D eigenvalue weighted by Crippen LogP contribution is 2.14. The third-order valence-electron chi connectivity index (χ3n) is 2.31. The van der Waals surface area contributed by atoms with Gasteiger partial charge < -0.3 is 0 Å². The molecule has 0 aliphatic heterocycles. The Morgan fingerprint density at radius 2 is 1.74 bits per heavy atom. The van der Waals surface area contributed by atoms with E-state index in [1.807, 2.05) is 0 Å². The molecule has 2 aromatic rings. The molecule has 0 aliphatic rings. The van der Waals surface area contributed by atoms with Gasteiger partial charge in [0, 0.05) is 11.4 Å². The van der Waals surface area contributed by atoms with E-state index in [9.17, 15) is 12.8 Å². The van der Waals surface area contributed by atoms with Gasteiger partial charge in [-0.05, 0) is 38.1 Å². The van der Waals surface area contributed by atoms with Crippen LogP contribution in [0.5, 0.6) is 0 Å². The molecule has 0 aliphatic carbocycles.